The normalized spacial score (nSPS) is 11.5. The summed E-state index contributed by atoms with van der Waals surface area (Å²) in [5, 5.41) is 12.2. The first-order valence-electron chi connectivity index (χ1n) is 9.74. The molecule has 0 fully saturated rings. The molecule has 0 aliphatic rings. The van der Waals surface area contributed by atoms with Gasteiger partial charge >= 0.3 is 11.3 Å². The topological polar surface area (TPSA) is 129 Å². The number of fused-ring (bicyclic) bond motifs is 1. The number of ether oxygens (including phenoxy) is 1. The summed E-state index contributed by atoms with van der Waals surface area (Å²) in [4.78, 5) is 22.8. The van der Waals surface area contributed by atoms with Gasteiger partial charge < -0.3 is 9.15 Å². The second kappa shape index (κ2) is 8.49. The average Bonchev–Trinajstić information content (AvgIpc) is 2.81. The van der Waals surface area contributed by atoms with E-state index in [1.54, 1.807) is 19.1 Å². The first-order chi connectivity index (χ1) is 15.7. The highest BCUT2D eigenvalue weighted by Gasteiger charge is 2.23. The van der Waals surface area contributed by atoms with Crippen LogP contribution in [-0.4, -0.2) is 20.4 Å². The molecule has 0 amide bonds. The molecule has 0 aliphatic carbocycles. The molecule has 0 radical (unpaired) electrons. The van der Waals surface area contributed by atoms with Gasteiger partial charge in [0.25, 0.3) is 0 Å². The smallest absolute Gasteiger partial charge is 0.336 e. The van der Waals surface area contributed by atoms with Crippen LogP contribution in [-0.2, 0) is 10.0 Å². The summed E-state index contributed by atoms with van der Waals surface area (Å²) in [6.07, 6.45) is 0. The van der Waals surface area contributed by atoms with Gasteiger partial charge in [-0.15, -0.1) is 0 Å². The number of nitrogens with one attached hydrogen (secondary N) is 1. The van der Waals surface area contributed by atoms with Gasteiger partial charge in [-0.1, -0.05) is 30.3 Å². The van der Waals surface area contributed by atoms with Crippen molar-refractivity contribution in [2.75, 3.05) is 7.05 Å². The van der Waals surface area contributed by atoms with Crippen LogP contribution in [0.2, 0.25) is 0 Å². The Morgan fingerprint density at radius 1 is 1.00 bits per heavy atom. The third-order valence-corrected chi connectivity index (χ3v) is 6.53. The van der Waals surface area contributed by atoms with Crippen molar-refractivity contribution < 1.29 is 22.5 Å². The molecular weight excluding hydrogens is 448 g/mol. The second-order valence-corrected chi connectivity index (χ2v) is 8.99. The Bertz CT molecular complexity index is 1540. The molecule has 3 aromatic carbocycles. The van der Waals surface area contributed by atoms with E-state index in [9.17, 15) is 23.3 Å². The quantitative estimate of drug-likeness (QED) is 0.254. The van der Waals surface area contributed by atoms with E-state index in [1.807, 2.05) is 30.3 Å². The molecule has 1 aromatic heterocycles. The molecular formula is C23H18N2O7S. The van der Waals surface area contributed by atoms with Crippen LogP contribution in [0, 0.1) is 17.0 Å². The minimum absolute atomic E-state index is 0.154. The predicted octanol–water partition coefficient (Wildman–Crippen LogP) is 4.38. The Hall–Kier alpha value is -4.02. The van der Waals surface area contributed by atoms with Gasteiger partial charge in [0.15, 0.2) is 0 Å². The summed E-state index contributed by atoms with van der Waals surface area (Å²) in [6.45, 7) is 1.67. The number of hydrogen-bond donors (Lipinski definition) is 1. The van der Waals surface area contributed by atoms with E-state index in [1.165, 1.54) is 25.2 Å². The zero-order valence-corrected chi connectivity index (χ0v) is 18.4. The summed E-state index contributed by atoms with van der Waals surface area (Å²) >= 11 is 0. The fourth-order valence-corrected chi connectivity index (χ4v) is 4.19. The summed E-state index contributed by atoms with van der Waals surface area (Å²) in [6, 6.07) is 17.4. The maximum absolute atomic E-state index is 12.2. The molecule has 0 aliphatic heterocycles. The number of hydrogen-bond acceptors (Lipinski definition) is 7. The third kappa shape index (κ3) is 4.21. The molecule has 168 valence electrons. The SMILES string of the molecule is CNS(=O)(=O)c1ccc(Oc2ccc3c(-c4ccccc4)cc(=O)oc3c2C)c([N+](=O)[O-])c1. The van der Waals surface area contributed by atoms with E-state index in [0.29, 0.717) is 16.5 Å². The fourth-order valence-electron chi connectivity index (χ4n) is 3.44. The van der Waals surface area contributed by atoms with E-state index in [-0.39, 0.29) is 22.0 Å². The van der Waals surface area contributed by atoms with E-state index < -0.39 is 26.3 Å². The van der Waals surface area contributed by atoms with Crippen LogP contribution in [0.4, 0.5) is 5.69 Å². The van der Waals surface area contributed by atoms with Gasteiger partial charge in [0, 0.05) is 23.1 Å². The van der Waals surface area contributed by atoms with Gasteiger partial charge in [0.05, 0.1) is 9.82 Å². The van der Waals surface area contributed by atoms with Crippen molar-refractivity contribution in [1.29, 1.82) is 0 Å². The van der Waals surface area contributed by atoms with Gasteiger partial charge in [-0.2, -0.15) is 0 Å². The molecule has 4 rings (SSSR count). The number of nitrogens with zero attached hydrogens (tertiary/aromatic N) is 1. The summed E-state index contributed by atoms with van der Waals surface area (Å²) < 4.78 is 37.3. The molecule has 10 heteroatoms. The van der Waals surface area contributed by atoms with Crippen molar-refractivity contribution >= 4 is 26.7 Å². The Labute approximate surface area is 188 Å². The van der Waals surface area contributed by atoms with Crippen molar-refractivity contribution in [3.05, 3.63) is 92.8 Å². The van der Waals surface area contributed by atoms with E-state index in [0.717, 1.165) is 11.6 Å². The van der Waals surface area contributed by atoms with Gasteiger partial charge in [-0.3, -0.25) is 10.1 Å². The number of rotatable bonds is 6. The largest absolute Gasteiger partial charge is 0.450 e. The minimum atomic E-state index is -3.88. The lowest BCUT2D eigenvalue weighted by atomic mass is 10.0. The molecule has 4 aromatic rings. The maximum Gasteiger partial charge on any atom is 0.336 e. The van der Waals surface area contributed by atoms with Crippen LogP contribution in [0.5, 0.6) is 11.5 Å². The van der Waals surface area contributed by atoms with E-state index in [2.05, 4.69) is 4.72 Å². The molecule has 0 saturated heterocycles. The van der Waals surface area contributed by atoms with Crippen LogP contribution in [0.3, 0.4) is 0 Å². The highest BCUT2D eigenvalue weighted by molar-refractivity contribution is 7.89. The maximum atomic E-state index is 12.2. The predicted molar refractivity (Wildman–Crippen MR) is 122 cm³/mol. The minimum Gasteiger partial charge on any atom is -0.450 e. The monoisotopic (exact) mass is 466 g/mol. The first-order valence-corrected chi connectivity index (χ1v) is 11.2. The van der Waals surface area contributed by atoms with Crippen LogP contribution >= 0.6 is 0 Å². The Morgan fingerprint density at radius 2 is 1.70 bits per heavy atom. The van der Waals surface area contributed by atoms with Crippen molar-refractivity contribution in [2.24, 2.45) is 0 Å². The first kappa shape index (κ1) is 22.2. The van der Waals surface area contributed by atoms with E-state index in [4.69, 9.17) is 9.15 Å². The van der Waals surface area contributed by atoms with Gasteiger partial charge in [-0.25, -0.2) is 17.9 Å². The number of sulfonamides is 1. The molecule has 0 spiro atoms. The summed E-state index contributed by atoms with van der Waals surface area (Å²) in [5.41, 5.74) is 1.20. The molecule has 0 bridgehead atoms. The molecule has 1 N–H and O–H groups in total. The highest BCUT2D eigenvalue weighted by Crippen LogP contribution is 2.38. The van der Waals surface area contributed by atoms with Crippen LogP contribution < -0.4 is 15.1 Å². The Kier molecular flexibility index (Phi) is 5.71. The Balaban J connectivity index is 1.83. The number of nitro benzene ring substituents is 1. The van der Waals surface area contributed by atoms with Crippen molar-refractivity contribution in [1.82, 2.24) is 4.72 Å². The number of benzene rings is 3. The van der Waals surface area contributed by atoms with Crippen molar-refractivity contribution in [3.8, 4) is 22.6 Å². The molecule has 9 nitrogen and oxygen atoms in total. The number of nitro groups is 1. The zero-order chi connectivity index (χ0) is 23.8. The lowest BCUT2D eigenvalue weighted by molar-refractivity contribution is -0.385. The molecule has 33 heavy (non-hydrogen) atoms. The average molecular weight is 466 g/mol. The van der Waals surface area contributed by atoms with Crippen LogP contribution in [0.1, 0.15) is 5.56 Å². The lowest BCUT2D eigenvalue weighted by Gasteiger charge is -2.13. The standard InChI is InChI=1S/C23H18N2O7S/c1-14-20(31-21-10-8-16(33(29,30)24-2)12-19(21)25(27)28)11-9-17-18(13-22(26)32-23(14)17)15-6-4-3-5-7-15/h3-13,24H,1-2H3. The number of aryl methyl sites for hydroxylation is 1. The van der Waals surface area contributed by atoms with Crippen LogP contribution in [0.25, 0.3) is 22.1 Å². The van der Waals surface area contributed by atoms with E-state index >= 15 is 0 Å². The summed E-state index contributed by atoms with van der Waals surface area (Å²) in [7, 11) is -2.67. The van der Waals surface area contributed by atoms with Gasteiger partial charge in [0.2, 0.25) is 15.8 Å². The third-order valence-electron chi connectivity index (χ3n) is 5.12. The van der Waals surface area contributed by atoms with Crippen molar-refractivity contribution in [2.45, 2.75) is 11.8 Å². The summed E-state index contributed by atoms with van der Waals surface area (Å²) in [5.74, 6) is 0.0715. The Morgan fingerprint density at radius 3 is 2.36 bits per heavy atom. The molecule has 0 unspecified atom stereocenters. The molecule has 1 heterocycles. The van der Waals surface area contributed by atoms with Crippen molar-refractivity contribution in [3.63, 3.8) is 0 Å². The lowest BCUT2D eigenvalue weighted by Crippen LogP contribution is -2.18. The fraction of sp³-hybridized carbons (Fsp3) is 0.0870. The highest BCUT2D eigenvalue weighted by atomic mass is 32.2. The van der Waals surface area contributed by atoms with Crippen LogP contribution in [0.15, 0.2) is 80.8 Å². The van der Waals surface area contributed by atoms with Gasteiger partial charge in [0.1, 0.15) is 11.3 Å². The molecule has 0 saturated carbocycles. The zero-order valence-electron chi connectivity index (χ0n) is 17.6. The molecule has 0 atom stereocenters. The van der Waals surface area contributed by atoms with Gasteiger partial charge in [-0.05, 0) is 49.4 Å². The second-order valence-electron chi connectivity index (χ2n) is 7.11.